The molecule has 59 heavy (non-hydrogen) atoms. The smallest absolute Gasteiger partial charge is 0.164 e. The summed E-state index contributed by atoms with van der Waals surface area (Å²) >= 11 is 0. The van der Waals surface area contributed by atoms with Crippen LogP contribution in [0.2, 0.25) is 0 Å². The molecule has 0 amide bonds. The Bertz CT molecular complexity index is 3230. The summed E-state index contributed by atoms with van der Waals surface area (Å²) in [6.45, 7) is 0. The van der Waals surface area contributed by atoms with Crippen molar-refractivity contribution in [1.82, 2.24) is 19.9 Å². The highest BCUT2D eigenvalue weighted by Gasteiger charge is 2.52. The topological polar surface area (TPSA) is 51.6 Å². The van der Waals surface area contributed by atoms with Crippen LogP contribution in [0.3, 0.4) is 0 Å². The van der Waals surface area contributed by atoms with Crippen molar-refractivity contribution < 1.29 is 0 Å². The van der Waals surface area contributed by atoms with Gasteiger partial charge in [0.1, 0.15) is 0 Å². The van der Waals surface area contributed by atoms with E-state index in [1.54, 1.807) is 0 Å². The lowest BCUT2D eigenvalue weighted by atomic mass is 9.70. The highest BCUT2D eigenvalue weighted by molar-refractivity contribution is 6.01. The second-order valence-electron chi connectivity index (χ2n) is 15.3. The van der Waals surface area contributed by atoms with Crippen LogP contribution >= 0.6 is 0 Å². The van der Waals surface area contributed by atoms with Crippen molar-refractivity contribution in [3.8, 4) is 78.7 Å². The summed E-state index contributed by atoms with van der Waals surface area (Å²) in [5.74, 6) is 1.87. The fourth-order valence-corrected chi connectivity index (χ4v) is 9.76. The van der Waals surface area contributed by atoms with Gasteiger partial charge in [-0.3, -0.25) is 4.98 Å². The average Bonchev–Trinajstić information content (AvgIpc) is 3.79. The molecule has 0 fully saturated rings. The van der Waals surface area contributed by atoms with Gasteiger partial charge in [-0.1, -0.05) is 194 Å². The Hall–Kier alpha value is -7.82. The maximum Gasteiger partial charge on any atom is 0.164 e. The van der Waals surface area contributed by atoms with Crippen molar-refractivity contribution in [2.45, 2.75) is 5.41 Å². The number of nitrogens with zero attached hydrogens (tertiary/aromatic N) is 4. The van der Waals surface area contributed by atoms with Crippen molar-refractivity contribution in [2.75, 3.05) is 0 Å². The van der Waals surface area contributed by atoms with E-state index in [2.05, 4.69) is 176 Å². The molecule has 0 bridgehead atoms. The van der Waals surface area contributed by atoms with Gasteiger partial charge in [-0.05, 0) is 67.3 Å². The second kappa shape index (κ2) is 13.1. The maximum atomic E-state index is 5.27. The molecule has 8 aromatic carbocycles. The largest absolute Gasteiger partial charge is 0.256 e. The first-order valence-corrected chi connectivity index (χ1v) is 20.1. The Kier molecular flexibility index (Phi) is 7.41. The Morgan fingerprint density at radius 3 is 1.47 bits per heavy atom. The van der Waals surface area contributed by atoms with Crippen molar-refractivity contribution in [3.63, 3.8) is 0 Å². The molecule has 0 radical (unpaired) electrons. The van der Waals surface area contributed by atoms with E-state index < -0.39 is 5.41 Å². The molecule has 0 unspecified atom stereocenters. The summed E-state index contributed by atoms with van der Waals surface area (Å²) < 4.78 is 0. The summed E-state index contributed by atoms with van der Waals surface area (Å²) in [6.07, 6.45) is 1.85. The number of pyridine rings is 1. The van der Waals surface area contributed by atoms with E-state index in [-0.39, 0.29) is 0 Å². The van der Waals surface area contributed by atoms with Gasteiger partial charge in [-0.15, -0.1) is 0 Å². The van der Waals surface area contributed by atoms with E-state index in [1.807, 2.05) is 30.5 Å². The van der Waals surface area contributed by atoms with Crippen molar-refractivity contribution in [3.05, 3.63) is 229 Å². The number of hydrogen-bond acceptors (Lipinski definition) is 4. The van der Waals surface area contributed by atoms with Crippen LogP contribution in [0.15, 0.2) is 206 Å². The third-order valence-electron chi connectivity index (χ3n) is 12.2. The van der Waals surface area contributed by atoms with Crippen molar-refractivity contribution in [2.24, 2.45) is 0 Å². The van der Waals surface area contributed by atoms with Crippen molar-refractivity contribution >= 4 is 10.9 Å². The van der Waals surface area contributed by atoms with E-state index in [4.69, 9.17) is 19.9 Å². The van der Waals surface area contributed by atoms with Crippen LogP contribution in [-0.2, 0) is 5.41 Å². The van der Waals surface area contributed by atoms with Crippen LogP contribution < -0.4 is 0 Å². The molecular weight excluding hydrogens is 717 g/mol. The first-order chi connectivity index (χ1) is 29.3. The highest BCUT2D eigenvalue weighted by atomic mass is 15.0. The lowest BCUT2D eigenvalue weighted by Gasteiger charge is -2.30. The molecule has 0 aliphatic heterocycles. The lowest BCUT2D eigenvalue weighted by Crippen LogP contribution is -2.25. The normalized spacial score (nSPS) is 12.9. The molecule has 2 aliphatic rings. The highest BCUT2D eigenvalue weighted by Crippen LogP contribution is 2.64. The van der Waals surface area contributed by atoms with E-state index in [1.165, 1.54) is 44.5 Å². The maximum absolute atomic E-state index is 5.27. The van der Waals surface area contributed by atoms with Crippen LogP contribution in [0.5, 0.6) is 0 Å². The van der Waals surface area contributed by atoms with E-state index in [0.29, 0.717) is 17.5 Å². The standard InChI is InChI=1S/C55H34N4/c1-2-15-37(16-3-1)52-57-53(38-32-30-35(31-33-38)39-24-12-17-36-18-14-34-56-51(36)39)59-54(58-52)44-22-5-4-19-40(44)43-25-13-29-49-50(43)45-23-8-11-28-48(45)55(49)46-26-9-6-20-41(46)42-21-7-10-27-47(42)55/h1-34H. The van der Waals surface area contributed by atoms with Gasteiger partial charge >= 0.3 is 0 Å². The van der Waals surface area contributed by atoms with Gasteiger partial charge in [0.25, 0.3) is 0 Å². The first-order valence-electron chi connectivity index (χ1n) is 20.1. The molecule has 10 aromatic rings. The van der Waals surface area contributed by atoms with E-state index >= 15 is 0 Å². The Labute approximate surface area is 342 Å². The quantitative estimate of drug-likeness (QED) is 0.176. The summed E-state index contributed by atoms with van der Waals surface area (Å²) in [5, 5.41) is 1.11. The Morgan fingerprint density at radius 2 is 0.763 bits per heavy atom. The summed E-state index contributed by atoms with van der Waals surface area (Å²) in [6, 6.07) is 71.3. The van der Waals surface area contributed by atoms with Gasteiger partial charge in [0.05, 0.1) is 10.9 Å². The van der Waals surface area contributed by atoms with Crippen molar-refractivity contribution in [1.29, 1.82) is 0 Å². The van der Waals surface area contributed by atoms with E-state index in [0.717, 1.165) is 49.8 Å². The third kappa shape index (κ3) is 4.96. The molecule has 4 heteroatoms. The molecule has 4 nitrogen and oxygen atoms in total. The molecule has 0 saturated carbocycles. The summed E-state index contributed by atoms with van der Waals surface area (Å²) in [7, 11) is 0. The molecule has 2 heterocycles. The lowest BCUT2D eigenvalue weighted by molar-refractivity contribution is 0.794. The van der Waals surface area contributed by atoms with Gasteiger partial charge in [0, 0.05) is 33.8 Å². The third-order valence-corrected chi connectivity index (χ3v) is 12.2. The number of hydrogen-bond donors (Lipinski definition) is 0. The molecule has 0 atom stereocenters. The fraction of sp³-hybridized carbons (Fsp3) is 0.0182. The molecule has 2 aliphatic carbocycles. The first kappa shape index (κ1) is 33.3. The number of benzene rings is 8. The fourth-order valence-electron chi connectivity index (χ4n) is 9.76. The molecule has 274 valence electrons. The van der Waals surface area contributed by atoms with Gasteiger partial charge in [0.15, 0.2) is 17.5 Å². The summed E-state index contributed by atoms with van der Waals surface area (Å²) in [5.41, 5.74) is 18.1. The van der Waals surface area contributed by atoms with Crippen LogP contribution in [0.4, 0.5) is 0 Å². The number of para-hydroxylation sites is 1. The van der Waals surface area contributed by atoms with Crippen LogP contribution in [-0.4, -0.2) is 19.9 Å². The Morgan fingerprint density at radius 1 is 0.288 bits per heavy atom. The zero-order chi connectivity index (χ0) is 38.9. The Balaban J connectivity index is 1.05. The molecule has 0 N–H and O–H groups in total. The minimum absolute atomic E-state index is 0.431. The molecular formula is C55H34N4. The zero-order valence-corrected chi connectivity index (χ0v) is 31.9. The van der Waals surface area contributed by atoms with Crippen LogP contribution in [0.1, 0.15) is 22.3 Å². The minimum atomic E-state index is -0.431. The summed E-state index contributed by atoms with van der Waals surface area (Å²) in [4.78, 5) is 20.3. The number of aromatic nitrogens is 4. The zero-order valence-electron chi connectivity index (χ0n) is 31.9. The molecule has 2 aromatic heterocycles. The van der Waals surface area contributed by atoms with E-state index in [9.17, 15) is 0 Å². The average molecular weight is 751 g/mol. The molecule has 12 rings (SSSR count). The van der Waals surface area contributed by atoms with Gasteiger partial charge in [-0.2, -0.15) is 0 Å². The predicted molar refractivity (Wildman–Crippen MR) is 239 cm³/mol. The second-order valence-corrected chi connectivity index (χ2v) is 15.3. The SMILES string of the molecule is c1ccc(-c2nc(-c3ccc(-c4cccc5cccnc45)cc3)nc(-c3ccccc3-c3cccc4c3-c3ccccc3C43c4ccccc4-c4ccccc43)n2)cc1. The minimum Gasteiger partial charge on any atom is -0.256 e. The molecule has 0 saturated heterocycles. The van der Waals surface area contributed by atoms with Gasteiger partial charge in [-0.25, -0.2) is 15.0 Å². The van der Waals surface area contributed by atoms with Crippen LogP contribution in [0.25, 0.3) is 89.6 Å². The monoisotopic (exact) mass is 750 g/mol. The number of fused-ring (bicyclic) bond motifs is 11. The van der Waals surface area contributed by atoms with Gasteiger partial charge in [0.2, 0.25) is 0 Å². The van der Waals surface area contributed by atoms with Crippen LogP contribution in [0, 0.1) is 0 Å². The predicted octanol–water partition coefficient (Wildman–Crippen LogP) is 13.1. The van der Waals surface area contributed by atoms with Gasteiger partial charge < -0.3 is 0 Å². The number of rotatable bonds is 5. The molecule has 1 spiro atoms.